The fourth-order valence-electron chi connectivity index (χ4n) is 1.90. The minimum Gasteiger partial charge on any atom is -0.380 e. The van der Waals surface area contributed by atoms with E-state index in [2.05, 4.69) is 15.9 Å². The molecule has 0 aromatic heterocycles. The van der Waals surface area contributed by atoms with Gasteiger partial charge in [0.2, 0.25) is 0 Å². The van der Waals surface area contributed by atoms with Crippen molar-refractivity contribution in [3.05, 3.63) is 35.4 Å². The number of ketones is 1. The second kappa shape index (κ2) is 4.68. The highest BCUT2D eigenvalue weighted by molar-refractivity contribution is 9.10. The Bertz CT molecular complexity index is 377. The summed E-state index contributed by atoms with van der Waals surface area (Å²) in [5, 5.41) is 0. The molecule has 86 valence electrons. The van der Waals surface area contributed by atoms with E-state index in [0.29, 0.717) is 6.61 Å². The van der Waals surface area contributed by atoms with E-state index in [4.69, 9.17) is 4.74 Å². The monoisotopic (exact) mass is 282 g/mol. The Kier molecular flexibility index (Phi) is 3.45. The maximum atomic E-state index is 12.3. The number of ether oxygens (including phenoxy) is 1. The third-order valence-corrected chi connectivity index (χ3v) is 3.90. The summed E-state index contributed by atoms with van der Waals surface area (Å²) in [5.74, 6) is 0.132. The minimum atomic E-state index is -0.513. The van der Waals surface area contributed by atoms with Gasteiger partial charge in [0.1, 0.15) is 4.32 Å². The lowest BCUT2D eigenvalue weighted by molar-refractivity contribution is 0.0578. The molecule has 0 N–H and O–H groups in total. The van der Waals surface area contributed by atoms with Crippen LogP contribution >= 0.6 is 15.9 Å². The number of carbonyl (C=O) groups excluding carboxylic acids is 1. The summed E-state index contributed by atoms with van der Waals surface area (Å²) in [7, 11) is 0. The van der Waals surface area contributed by atoms with Crippen molar-refractivity contribution in [1.82, 2.24) is 0 Å². The van der Waals surface area contributed by atoms with Gasteiger partial charge in [-0.15, -0.1) is 0 Å². The highest BCUT2D eigenvalue weighted by atomic mass is 79.9. The topological polar surface area (TPSA) is 26.3 Å². The molecule has 3 heteroatoms. The van der Waals surface area contributed by atoms with Gasteiger partial charge in [-0.25, -0.2) is 0 Å². The Morgan fingerprint density at radius 3 is 2.62 bits per heavy atom. The van der Waals surface area contributed by atoms with Gasteiger partial charge in [0.15, 0.2) is 5.78 Å². The molecule has 1 aliphatic heterocycles. The Balaban J connectivity index is 2.20. The van der Waals surface area contributed by atoms with Crippen molar-refractivity contribution in [1.29, 1.82) is 0 Å². The summed E-state index contributed by atoms with van der Waals surface area (Å²) in [5.41, 5.74) is 1.92. The molecule has 1 heterocycles. The number of halogens is 1. The number of Topliss-reactive ketones (excluding diaryl/α,β-unsaturated/α-hetero) is 1. The van der Waals surface area contributed by atoms with E-state index in [9.17, 15) is 4.79 Å². The molecule has 1 aromatic rings. The first-order chi connectivity index (χ1) is 7.62. The van der Waals surface area contributed by atoms with Crippen molar-refractivity contribution in [3.8, 4) is 0 Å². The first-order valence-electron chi connectivity index (χ1n) is 5.50. The van der Waals surface area contributed by atoms with Gasteiger partial charge in [-0.3, -0.25) is 4.79 Å². The number of hydrogen-bond acceptors (Lipinski definition) is 2. The fourth-order valence-corrected chi connectivity index (χ4v) is 2.57. The Hall–Kier alpha value is -0.670. The molecule has 0 bridgehead atoms. The second-order valence-electron chi connectivity index (χ2n) is 4.32. The molecule has 0 aliphatic carbocycles. The van der Waals surface area contributed by atoms with E-state index in [1.807, 2.05) is 31.2 Å². The average molecular weight is 283 g/mol. The number of benzene rings is 1. The van der Waals surface area contributed by atoms with Crippen molar-refractivity contribution in [3.63, 3.8) is 0 Å². The summed E-state index contributed by atoms with van der Waals surface area (Å²) in [6.45, 7) is 3.25. The van der Waals surface area contributed by atoms with Gasteiger partial charge < -0.3 is 4.74 Å². The predicted octanol–water partition coefficient (Wildman–Crippen LogP) is 3.12. The molecule has 0 amide bonds. The third-order valence-electron chi connectivity index (χ3n) is 2.91. The molecule has 1 saturated heterocycles. The average Bonchev–Trinajstić information content (AvgIpc) is 2.30. The molecule has 1 unspecified atom stereocenters. The zero-order valence-corrected chi connectivity index (χ0v) is 10.9. The molecule has 16 heavy (non-hydrogen) atoms. The van der Waals surface area contributed by atoms with Gasteiger partial charge in [0.05, 0.1) is 6.61 Å². The highest BCUT2D eigenvalue weighted by Crippen LogP contribution is 2.32. The molecular weight excluding hydrogens is 268 g/mol. The zero-order valence-electron chi connectivity index (χ0n) is 9.33. The quantitative estimate of drug-likeness (QED) is 0.615. The minimum absolute atomic E-state index is 0.132. The van der Waals surface area contributed by atoms with Gasteiger partial charge in [-0.05, 0) is 19.8 Å². The van der Waals surface area contributed by atoms with E-state index < -0.39 is 4.32 Å². The number of alkyl halides is 1. The largest absolute Gasteiger partial charge is 0.380 e. The zero-order chi connectivity index (χ0) is 11.6. The molecule has 1 fully saturated rings. The van der Waals surface area contributed by atoms with Gasteiger partial charge in [0.25, 0.3) is 0 Å². The molecule has 1 atom stereocenters. The van der Waals surface area contributed by atoms with Gasteiger partial charge in [0, 0.05) is 12.2 Å². The van der Waals surface area contributed by atoms with E-state index in [1.54, 1.807) is 0 Å². The van der Waals surface area contributed by atoms with Crippen molar-refractivity contribution < 1.29 is 9.53 Å². The molecule has 0 spiro atoms. The van der Waals surface area contributed by atoms with E-state index in [1.165, 1.54) is 5.56 Å². The van der Waals surface area contributed by atoms with E-state index in [0.717, 1.165) is 25.0 Å². The van der Waals surface area contributed by atoms with Crippen LogP contribution in [0.25, 0.3) is 0 Å². The van der Waals surface area contributed by atoms with Gasteiger partial charge in [-0.2, -0.15) is 0 Å². The van der Waals surface area contributed by atoms with Crippen molar-refractivity contribution in [2.45, 2.75) is 24.1 Å². The van der Waals surface area contributed by atoms with Crippen LogP contribution in [0.5, 0.6) is 0 Å². The maximum absolute atomic E-state index is 12.3. The van der Waals surface area contributed by atoms with Crippen molar-refractivity contribution in [2.24, 2.45) is 0 Å². The number of hydrogen-bond donors (Lipinski definition) is 0. The Morgan fingerprint density at radius 1 is 1.38 bits per heavy atom. The molecule has 1 aliphatic rings. The molecule has 0 saturated carbocycles. The van der Waals surface area contributed by atoms with Gasteiger partial charge >= 0.3 is 0 Å². The SMILES string of the molecule is Cc1ccc(C(=O)C2(Br)CCCOC2)cc1. The summed E-state index contributed by atoms with van der Waals surface area (Å²) in [4.78, 5) is 12.3. The number of aryl methyl sites for hydroxylation is 1. The van der Waals surface area contributed by atoms with Crippen LogP contribution in [-0.2, 0) is 4.74 Å². The smallest absolute Gasteiger partial charge is 0.181 e. The maximum Gasteiger partial charge on any atom is 0.181 e. The second-order valence-corrected chi connectivity index (χ2v) is 5.83. The first kappa shape index (κ1) is 11.8. The lowest BCUT2D eigenvalue weighted by Crippen LogP contribution is -2.40. The van der Waals surface area contributed by atoms with Crippen LogP contribution in [0.2, 0.25) is 0 Å². The molecule has 2 nitrogen and oxygen atoms in total. The van der Waals surface area contributed by atoms with Crippen LogP contribution in [0.4, 0.5) is 0 Å². The molecular formula is C13H15BrO2. The summed E-state index contributed by atoms with van der Waals surface area (Å²) < 4.78 is 4.87. The summed E-state index contributed by atoms with van der Waals surface area (Å²) in [6.07, 6.45) is 1.78. The summed E-state index contributed by atoms with van der Waals surface area (Å²) >= 11 is 3.54. The van der Waals surface area contributed by atoms with Crippen molar-refractivity contribution in [2.75, 3.05) is 13.2 Å². The van der Waals surface area contributed by atoms with Crippen LogP contribution in [0, 0.1) is 6.92 Å². The molecule has 2 rings (SSSR count). The fraction of sp³-hybridized carbons (Fsp3) is 0.462. The molecule has 0 radical (unpaired) electrons. The van der Waals surface area contributed by atoms with E-state index in [-0.39, 0.29) is 5.78 Å². The number of rotatable bonds is 2. The third kappa shape index (κ3) is 2.36. The van der Waals surface area contributed by atoms with Crippen LogP contribution < -0.4 is 0 Å². The number of carbonyl (C=O) groups is 1. The predicted molar refractivity (Wildman–Crippen MR) is 67.2 cm³/mol. The van der Waals surface area contributed by atoms with Gasteiger partial charge in [-0.1, -0.05) is 45.8 Å². The van der Waals surface area contributed by atoms with Crippen molar-refractivity contribution >= 4 is 21.7 Å². The lowest BCUT2D eigenvalue weighted by atomic mass is 9.92. The van der Waals surface area contributed by atoms with E-state index >= 15 is 0 Å². The Morgan fingerprint density at radius 2 is 2.06 bits per heavy atom. The highest BCUT2D eigenvalue weighted by Gasteiger charge is 2.38. The Labute approximate surface area is 104 Å². The van der Waals surface area contributed by atoms with Crippen LogP contribution in [0.1, 0.15) is 28.8 Å². The normalized spacial score (nSPS) is 25.4. The molecule has 1 aromatic carbocycles. The summed E-state index contributed by atoms with van der Waals surface area (Å²) in [6, 6.07) is 7.70. The van der Waals surface area contributed by atoms with Crippen LogP contribution in [0.15, 0.2) is 24.3 Å². The lowest BCUT2D eigenvalue weighted by Gasteiger charge is -2.30. The first-order valence-corrected chi connectivity index (χ1v) is 6.29. The van der Waals surface area contributed by atoms with Crippen LogP contribution in [0.3, 0.4) is 0 Å². The standard InChI is InChI=1S/C13H15BrO2/c1-10-3-5-11(6-4-10)12(15)13(14)7-2-8-16-9-13/h3-6H,2,7-9H2,1H3. The van der Waals surface area contributed by atoms with Crippen LogP contribution in [-0.4, -0.2) is 23.3 Å².